The van der Waals surface area contributed by atoms with Gasteiger partial charge in [0, 0.05) is 0 Å². The number of carbonyl (C=O) groups is 1. The molecular weight excluding hydrogens is 168 g/mol. The van der Waals surface area contributed by atoms with E-state index in [0.717, 1.165) is 17.7 Å². The van der Waals surface area contributed by atoms with Crippen molar-refractivity contribution in [1.82, 2.24) is 0 Å². The Morgan fingerprint density at radius 1 is 1.54 bits per heavy atom. The zero-order chi connectivity index (χ0) is 9.68. The van der Waals surface area contributed by atoms with E-state index in [4.69, 9.17) is 9.15 Å². The predicted octanol–water partition coefficient (Wildman–Crippen LogP) is 1.95. The molecule has 0 aliphatic carbocycles. The molecule has 0 amide bonds. The first kappa shape index (κ1) is 9.84. The predicted molar refractivity (Wildman–Crippen MR) is 48.4 cm³/mol. The number of hydrogen-bond donors (Lipinski definition) is 0. The molecule has 0 aliphatic heterocycles. The first-order valence-electron chi connectivity index (χ1n) is 4.48. The Morgan fingerprint density at radius 3 is 2.92 bits per heavy atom. The van der Waals surface area contributed by atoms with Crippen LogP contribution in [0.5, 0.6) is 0 Å². The molecule has 1 rings (SSSR count). The van der Waals surface area contributed by atoms with Crippen LogP contribution >= 0.6 is 0 Å². The van der Waals surface area contributed by atoms with E-state index in [1.54, 1.807) is 13.2 Å². The molecule has 0 atom stereocenters. The number of ether oxygens (including phenoxy) is 1. The van der Waals surface area contributed by atoms with Crippen LogP contribution in [0.2, 0.25) is 0 Å². The van der Waals surface area contributed by atoms with Crippen LogP contribution in [-0.4, -0.2) is 12.6 Å². The van der Waals surface area contributed by atoms with Gasteiger partial charge in [-0.15, -0.1) is 0 Å². The lowest BCUT2D eigenvalue weighted by Gasteiger charge is -2.00. The smallest absolute Gasteiger partial charge is 0.313 e. The number of aryl methyl sites for hydroxylation is 1. The molecule has 0 radical (unpaired) electrons. The fraction of sp³-hybridized carbons (Fsp3) is 0.500. The Labute approximate surface area is 77.7 Å². The Morgan fingerprint density at radius 2 is 2.31 bits per heavy atom. The minimum Gasteiger partial charge on any atom is -0.468 e. The molecule has 1 aromatic heterocycles. The average Bonchev–Trinajstić information content (AvgIpc) is 2.52. The minimum atomic E-state index is -0.229. The van der Waals surface area contributed by atoms with E-state index in [9.17, 15) is 4.79 Å². The van der Waals surface area contributed by atoms with E-state index in [1.807, 2.05) is 13.0 Å². The van der Waals surface area contributed by atoms with Crippen molar-refractivity contribution in [3.63, 3.8) is 0 Å². The van der Waals surface area contributed by atoms with Crippen molar-refractivity contribution < 1.29 is 13.9 Å². The summed E-state index contributed by atoms with van der Waals surface area (Å²) in [5.41, 5.74) is 1.08. The molecular formula is C10H14O3. The lowest BCUT2D eigenvalue weighted by molar-refractivity contribution is -0.142. The number of rotatable bonds is 4. The monoisotopic (exact) mass is 182 g/mol. The van der Waals surface area contributed by atoms with Gasteiger partial charge in [0.1, 0.15) is 12.2 Å². The molecule has 0 unspecified atom stereocenters. The van der Waals surface area contributed by atoms with Gasteiger partial charge in [-0.05, 0) is 25.0 Å². The largest absolute Gasteiger partial charge is 0.468 e. The molecule has 0 N–H and O–H groups in total. The molecule has 0 aliphatic rings. The number of carbonyl (C=O) groups excluding carboxylic acids is 1. The summed E-state index contributed by atoms with van der Waals surface area (Å²) in [5.74, 6) is 0.494. The maximum atomic E-state index is 11.1. The molecule has 1 aromatic rings. The maximum Gasteiger partial charge on any atom is 0.313 e. The summed E-state index contributed by atoms with van der Waals surface area (Å²) in [5, 5.41) is 0. The van der Waals surface area contributed by atoms with Gasteiger partial charge in [-0.25, -0.2) is 0 Å². The van der Waals surface area contributed by atoms with Crippen LogP contribution in [0.25, 0.3) is 0 Å². The second kappa shape index (κ2) is 4.70. The summed E-state index contributed by atoms with van der Waals surface area (Å²) in [6.07, 6.45) is 2.72. The summed E-state index contributed by atoms with van der Waals surface area (Å²) in [4.78, 5) is 11.1. The Bertz CT molecular complexity index is 275. The molecule has 3 heteroatoms. The number of esters is 1. The summed E-state index contributed by atoms with van der Waals surface area (Å²) >= 11 is 0. The van der Waals surface area contributed by atoms with Gasteiger partial charge < -0.3 is 9.15 Å². The fourth-order valence-corrected chi connectivity index (χ4v) is 1.18. The van der Waals surface area contributed by atoms with Gasteiger partial charge in [0.05, 0.1) is 12.9 Å². The van der Waals surface area contributed by atoms with Crippen molar-refractivity contribution in [1.29, 1.82) is 0 Å². The third-order valence-corrected chi connectivity index (χ3v) is 1.83. The first-order valence-corrected chi connectivity index (χ1v) is 4.48. The third kappa shape index (κ3) is 2.61. The van der Waals surface area contributed by atoms with Gasteiger partial charge in [0.2, 0.25) is 0 Å². The van der Waals surface area contributed by atoms with E-state index >= 15 is 0 Å². The van der Waals surface area contributed by atoms with E-state index in [1.165, 1.54) is 0 Å². The lowest BCUT2D eigenvalue weighted by Crippen LogP contribution is -2.07. The van der Waals surface area contributed by atoms with Crippen LogP contribution in [0.3, 0.4) is 0 Å². The highest BCUT2D eigenvalue weighted by Crippen LogP contribution is 2.12. The summed E-state index contributed by atoms with van der Waals surface area (Å²) in [6.45, 7) is 4.24. The van der Waals surface area contributed by atoms with Gasteiger partial charge in [-0.2, -0.15) is 0 Å². The van der Waals surface area contributed by atoms with Crippen molar-refractivity contribution in [2.75, 3.05) is 6.61 Å². The molecule has 0 fully saturated rings. The van der Waals surface area contributed by atoms with Crippen molar-refractivity contribution in [2.45, 2.75) is 26.7 Å². The molecule has 0 bridgehead atoms. The third-order valence-electron chi connectivity index (χ3n) is 1.83. The zero-order valence-corrected chi connectivity index (χ0v) is 8.00. The molecule has 13 heavy (non-hydrogen) atoms. The van der Waals surface area contributed by atoms with Crippen molar-refractivity contribution in [2.24, 2.45) is 0 Å². The molecule has 72 valence electrons. The Hall–Kier alpha value is -1.25. The Balaban J connectivity index is 2.57. The number of hydrogen-bond acceptors (Lipinski definition) is 3. The van der Waals surface area contributed by atoms with Crippen LogP contribution < -0.4 is 0 Å². The molecule has 3 nitrogen and oxygen atoms in total. The van der Waals surface area contributed by atoms with Gasteiger partial charge >= 0.3 is 5.97 Å². The first-order chi connectivity index (χ1) is 6.27. The summed E-state index contributed by atoms with van der Waals surface area (Å²) < 4.78 is 9.99. The highest BCUT2D eigenvalue weighted by Gasteiger charge is 2.10. The van der Waals surface area contributed by atoms with Gasteiger partial charge in [-0.1, -0.05) is 6.92 Å². The second-order valence-corrected chi connectivity index (χ2v) is 2.70. The van der Waals surface area contributed by atoms with E-state index in [-0.39, 0.29) is 12.4 Å². The van der Waals surface area contributed by atoms with Crippen molar-refractivity contribution in [3.05, 3.63) is 23.7 Å². The van der Waals surface area contributed by atoms with E-state index < -0.39 is 0 Å². The molecule has 0 saturated carbocycles. The van der Waals surface area contributed by atoms with Gasteiger partial charge in [0.25, 0.3) is 0 Å². The second-order valence-electron chi connectivity index (χ2n) is 2.70. The van der Waals surface area contributed by atoms with Gasteiger partial charge in [-0.3, -0.25) is 4.79 Å². The van der Waals surface area contributed by atoms with Crippen LogP contribution in [-0.2, 0) is 22.4 Å². The van der Waals surface area contributed by atoms with E-state index in [2.05, 4.69) is 0 Å². The van der Waals surface area contributed by atoms with Crippen LogP contribution in [0.15, 0.2) is 16.7 Å². The summed E-state index contributed by atoms with van der Waals surface area (Å²) in [7, 11) is 0. The molecule has 1 heterocycles. The minimum absolute atomic E-state index is 0.229. The summed E-state index contributed by atoms with van der Waals surface area (Å²) in [6, 6.07) is 1.88. The van der Waals surface area contributed by atoms with Crippen LogP contribution in [0.4, 0.5) is 0 Å². The van der Waals surface area contributed by atoms with E-state index in [0.29, 0.717) is 6.61 Å². The highest BCUT2D eigenvalue weighted by atomic mass is 16.5. The van der Waals surface area contributed by atoms with Gasteiger partial charge in [0.15, 0.2) is 0 Å². The highest BCUT2D eigenvalue weighted by molar-refractivity contribution is 5.72. The topological polar surface area (TPSA) is 39.4 Å². The lowest BCUT2D eigenvalue weighted by atomic mass is 10.1. The normalized spacial score (nSPS) is 10.0. The molecule has 0 aromatic carbocycles. The Kier molecular flexibility index (Phi) is 3.55. The molecule has 0 saturated heterocycles. The quantitative estimate of drug-likeness (QED) is 0.668. The van der Waals surface area contributed by atoms with Crippen LogP contribution in [0, 0.1) is 0 Å². The fourth-order valence-electron chi connectivity index (χ4n) is 1.18. The standard InChI is InChI=1S/C10H14O3/c1-3-8-5-6-13-9(8)7-10(11)12-4-2/h5-6H,3-4,7H2,1-2H3. The maximum absolute atomic E-state index is 11.1. The SMILES string of the molecule is CCOC(=O)Cc1occc1CC. The van der Waals surface area contributed by atoms with Crippen molar-refractivity contribution >= 4 is 5.97 Å². The molecule has 0 spiro atoms. The zero-order valence-electron chi connectivity index (χ0n) is 8.00. The average molecular weight is 182 g/mol. The number of furan rings is 1. The van der Waals surface area contributed by atoms with Crippen LogP contribution in [0.1, 0.15) is 25.2 Å². The van der Waals surface area contributed by atoms with Crippen molar-refractivity contribution in [3.8, 4) is 0 Å².